The molecule has 106 valence electrons. The number of hydrogen-bond acceptors (Lipinski definition) is 4. The molecule has 0 fully saturated rings. The van der Waals surface area contributed by atoms with Crippen molar-refractivity contribution >= 4 is 17.6 Å². The van der Waals surface area contributed by atoms with E-state index in [4.69, 9.17) is 26.2 Å². The van der Waals surface area contributed by atoms with Gasteiger partial charge in [0.05, 0.1) is 24.8 Å². The molecule has 0 aromatic heterocycles. The van der Waals surface area contributed by atoms with E-state index in [1.807, 2.05) is 13.8 Å². The molecule has 1 rings (SSSR count). The normalized spacial score (nSPS) is 10.3. The van der Waals surface area contributed by atoms with Crippen LogP contribution in [-0.4, -0.2) is 30.8 Å². The van der Waals surface area contributed by atoms with Crippen molar-refractivity contribution in [2.45, 2.75) is 20.4 Å². The molecular formula is C13H18ClNO4. The molecule has 19 heavy (non-hydrogen) atoms. The molecule has 0 spiro atoms. The summed E-state index contributed by atoms with van der Waals surface area (Å²) in [6.07, 6.45) is 0. The maximum absolute atomic E-state index is 10.4. The first-order valence-electron chi connectivity index (χ1n) is 6.09. The van der Waals surface area contributed by atoms with E-state index in [1.54, 1.807) is 12.1 Å². The predicted molar refractivity (Wildman–Crippen MR) is 73.1 cm³/mol. The van der Waals surface area contributed by atoms with Gasteiger partial charge in [0.1, 0.15) is 0 Å². The molecule has 0 aliphatic carbocycles. The summed E-state index contributed by atoms with van der Waals surface area (Å²) < 4.78 is 10.9. The number of ether oxygens (including phenoxy) is 2. The lowest BCUT2D eigenvalue weighted by Crippen LogP contribution is -2.21. The van der Waals surface area contributed by atoms with Crippen molar-refractivity contribution in [2.75, 3.05) is 19.8 Å². The molecule has 0 aliphatic rings. The molecule has 0 saturated heterocycles. The Balaban J connectivity index is 2.86. The summed E-state index contributed by atoms with van der Waals surface area (Å²) in [4.78, 5) is 10.4. The van der Waals surface area contributed by atoms with E-state index in [9.17, 15) is 4.79 Å². The molecule has 0 unspecified atom stereocenters. The molecule has 0 aliphatic heterocycles. The maximum Gasteiger partial charge on any atom is 0.317 e. The smallest absolute Gasteiger partial charge is 0.317 e. The van der Waals surface area contributed by atoms with Crippen molar-refractivity contribution in [3.05, 3.63) is 22.7 Å². The minimum atomic E-state index is -0.901. The second-order valence-electron chi connectivity index (χ2n) is 3.77. The molecule has 1 aromatic rings. The molecule has 0 amide bonds. The van der Waals surface area contributed by atoms with Gasteiger partial charge in [-0.15, -0.1) is 0 Å². The third kappa shape index (κ3) is 4.96. The maximum atomic E-state index is 10.4. The highest BCUT2D eigenvalue weighted by Crippen LogP contribution is 2.36. The van der Waals surface area contributed by atoms with Crippen LogP contribution in [0.25, 0.3) is 0 Å². The van der Waals surface area contributed by atoms with Gasteiger partial charge in [-0.3, -0.25) is 4.79 Å². The Morgan fingerprint density at radius 2 is 2.00 bits per heavy atom. The number of halogens is 1. The summed E-state index contributed by atoms with van der Waals surface area (Å²) in [5, 5.41) is 11.8. The van der Waals surface area contributed by atoms with E-state index in [-0.39, 0.29) is 6.54 Å². The van der Waals surface area contributed by atoms with Gasteiger partial charge in [-0.1, -0.05) is 11.6 Å². The number of nitrogens with one attached hydrogen (secondary N) is 1. The number of hydrogen-bond donors (Lipinski definition) is 2. The summed E-state index contributed by atoms with van der Waals surface area (Å²) in [7, 11) is 0. The largest absolute Gasteiger partial charge is 0.490 e. The second kappa shape index (κ2) is 7.86. The SMILES string of the molecule is CCOc1cc(CNCC(=O)O)cc(Cl)c1OCC. The standard InChI is InChI=1S/C13H18ClNO4/c1-3-18-11-6-9(7-15-8-12(16)17)5-10(14)13(11)19-4-2/h5-6,15H,3-4,7-8H2,1-2H3,(H,16,17). The third-order valence-electron chi connectivity index (χ3n) is 2.26. The minimum Gasteiger partial charge on any atom is -0.490 e. The lowest BCUT2D eigenvalue weighted by Gasteiger charge is -2.14. The Morgan fingerprint density at radius 1 is 1.32 bits per heavy atom. The van der Waals surface area contributed by atoms with Gasteiger partial charge in [-0.25, -0.2) is 0 Å². The van der Waals surface area contributed by atoms with E-state index < -0.39 is 5.97 Å². The van der Waals surface area contributed by atoms with E-state index in [0.717, 1.165) is 5.56 Å². The average molecular weight is 288 g/mol. The molecule has 0 atom stereocenters. The van der Waals surface area contributed by atoms with Crippen LogP contribution in [-0.2, 0) is 11.3 Å². The van der Waals surface area contributed by atoms with Crippen LogP contribution in [0.15, 0.2) is 12.1 Å². The van der Waals surface area contributed by atoms with E-state index in [0.29, 0.717) is 36.3 Å². The molecule has 6 heteroatoms. The molecule has 1 aromatic carbocycles. The van der Waals surface area contributed by atoms with Crippen LogP contribution in [0.5, 0.6) is 11.5 Å². The number of carboxylic acids is 1. The average Bonchev–Trinajstić information content (AvgIpc) is 2.33. The van der Waals surface area contributed by atoms with Crippen LogP contribution < -0.4 is 14.8 Å². The monoisotopic (exact) mass is 287 g/mol. The summed E-state index contributed by atoms with van der Waals surface area (Å²) in [6.45, 7) is 5.04. The number of carboxylic acid groups (broad SMARTS) is 1. The zero-order valence-electron chi connectivity index (χ0n) is 11.0. The van der Waals surface area contributed by atoms with Gasteiger partial charge in [-0.2, -0.15) is 0 Å². The summed E-state index contributed by atoms with van der Waals surface area (Å²) in [5.41, 5.74) is 0.846. The Kier molecular flexibility index (Phi) is 6.45. The van der Waals surface area contributed by atoms with Gasteiger partial charge in [0, 0.05) is 6.54 Å². The van der Waals surface area contributed by atoms with Gasteiger partial charge in [0.25, 0.3) is 0 Å². The lowest BCUT2D eigenvalue weighted by molar-refractivity contribution is -0.135. The van der Waals surface area contributed by atoms with Gasteiger partial charge in [0.2, 0.25) is 0 Å². The van der Waals surface area contributed by atoms with Crippen LogP contribution in [0.2, 0.25) is 5.02 Å². The number of carbonyl (C=O) groups is 1. The van der Waals surface area contributed by atoms with Crippen LogP contribution in [0.1, 0.15) is 19.4 Å². The predicted octanol–water partition coefficient (Wildman–Crippen LogP) is 2.31. The fraction of sp³-hybridized carbons (Fsp3) is 0.462. The van der Waals surface area contributed by atoms with Crippen LogP contribution in [0.3, 0.4) is 0 Å². The van der Waals surface area contributed by atoms with Crippen molar-refractivity contribution in [1.82, 2.24) is 5.32 Å². The molecule has 0 radical (unpaired) electrons. The lowest BCUT2D eigenvalue weighted by atomic mass is 10.2. The van der Waals surface area contributed by atoms with Gasteiger partial charge in [0.15, 0.2) is 11.5 Å². The van der Waals surface area contributed by atoms with E-state index >= 15 is 0 Å². The van der Waals surface area contributed by atoms with Gasteiger partial charge >= 0.3 is 5.97 Å². The Morgan fingerprint density at radius 3 is 2.58 bits per heavy atom. The highest BCUT2D eigenvalue weighted by Gasteiger charge is 2.12. The van der Waals surface area contributed by atoms with Crippen LogP contribution >= 0.6 is 11.6 Å². The first kappa shape index (κ1) is 15.6. The fourth-order valence-corrected chi connectivity index (χ4v) is 1.87. The fourth-order valence-electron chi connectivity index (χ4n) is 1.58. The zero-order valence-corrected chi connectivity index (χ0v) is 11.8. The minimum absolute atomic E-state index is 0.102. The summed E-state index contributed by atoms with van der Waals surface area (Å²) >= 11 is 6.14. The topological polar surface area (TPSA) is 67.8 Å². The number of benzene rings is 1. The Labute approximate surface area is 117 Å². The number of rotatable bonds is 8. The number of aliphatic carboxylic acids is 1. The molecule has 2 N–H and O–H groups in total. The van der Waals surface area contributed by atoms with Crippen LogP contribution in [0, 0.1) is 0 Å². The van der Waals surface area contributed by atoms with Crippen molar-refractivity contribution in [1.29, 1.82) is 0 Å². The van der Waals surface area contributed by atoms with Crippen molar-refractivity contribution < 1.29 is 19.4 Å². The Hall–Kier alpha value is -1.46. The van der Waals surface area contributed by atoms with Gasteiger partial charge < -0.3 is 19.9 Å². The first-order valence-corrected chi connectivity index (χ1v) is 6.46. The van der Waals surface area contributed by atoms with Crippen molar-refractivity contribution in [3.8, 4) is 11.5 Å². The summed E-state index contributed by atoms with van der Waals surface area (Å²) in [6, 6.07) is 3.54. The highest BCUT2D eigenvalue weighted by atomic mass is 35.5. The quantitative estimate of drug-likeness (QED) is 0.768. The highest BCUT2D eigenvalue weighted by molar-refractivity contribution is 6.32. The Bertz CT molecular complexity index is 437. The van der Waals surface area contributed by atoms with Crippen LogP contribution in [0.4, 0.5) is 0 Å². The molecule has 0 saturated carbocycles. The van der Waals surface area contributed by atoms with E-state index in [1.165, 1.54) is 0 Å². The first-order chi connectivity index (χ1) is 9.08. The van der Waals surface area contributed by atoms with E-state index in [2.05, 4.69) is 5.32 Å². The molecule has 0 heterocycles. The zero-order chi connectivity index (χ0) is 14.3. The van der Waals surface area contributed by atoms with Crippen molar-refractivity contribution in [2.24, 2.45) is 0 Å². The molecule has 5 nitrogen and oxygen atoms in total. The third-order valence-corrected chi connectivity index (χ3v) is 2.54. The summed E-state index contributed by atoms with van der Waals surface area (Å²) in [5.74, 6) is 0.194. The molecule has 0 bridgehead atoms. The van der Waals surface area contributed by atoms with Crippen molar-refractivity contribution in [3.63, 3.8) is 0 Å². The molecular weight excluding hydrogens is 270 g/mol. The van der Waals surface area contributed by atoms with Gasteiger partial charge in [-0.05, 0) is 31.5 Å². The second-order valence-corrected chi connectivity index (χ2v) is 4.18.